The fourth-order valence-electron chi connectivity index (χ4n) is 2.43. The van der Waals surface area contributed by atoms with Crippen molar-refractivity contribution in [2.75, 3.05) is 13.1 Å². The Labute approximate surface area is 107 Å². The molecule has 4 nitrogen and oxygen atoms in total. The number of aliphatic hydroxyl groups is 1. The number of aryl methyl sites for hydroxylation is 2. The summed E-state index contributed by atoms with van der Waals surface area (Å²) < 4.78 is 1.80. The zero-order valence-electron chi connectivity index (χ0n) is 10.5. The second-order valence-corrected chi connectivity index (χ2v) is 5.24. The second kappa shape index (κ2) is 4.96. The van der Waals surface area contributed by atoms with Crippen LogP contribution in [0.2, 0.25) is 5.02 Å². The van der Waals surface area contributed by atoms with Crippen molar-refractivity contribution in [3.63, 3.8) is 0 Å². The Kier molecular flexibility index (Phi) is 3.76. The van der Waals surface area contributed by atoms with E-state index in [4.69, 9.17) is 11.6 Å². The number of halogens is 1. The van der Waals surface area contributed by atoms with Crippen molar-refractivity contribution in [2.24, 2.45) is 7.05 Å². The Morgan fingerprint density at radius 2 is 2.35 bits per heavy atom. The third-order valence-electron chi connectivity index (χ3n) is 3.45. The van der Waals surface area contributed by atoms with Crippen LogP contribution in [0.15, 0.2) is 0 Å². The van der Waals surface area contributed by atoms with Gasteiger partial charge in [0.15, 0.2) is 0 Å². The first kappa shape index (κ1) is 12.9. The van der Waals surface area contributed by atoms with Gasteiger partial charge in [-0.15, -0.1) is 0 Å². The second-order valence-electron chi connectivity index (χ2n) is 4.87. The number of nitrogens with one attached hydrogen (secondary N) is 1. The average molecular weight is 258 g/mol. The summed E-state index contributed by atoms with van der Waals surface area (Å²) in [6.45, 7) is 3.66. The summed E-state index contributed by atoms with van der Waals surface area (Å²) in [7, 11) is 1.89. The van der Waals surface area contributed by atoms with Crippen LogP contribution in [0.25, 0.3) is 0 Å². The molecule has 0 amide bonds. The number of rotatable bonds is 3. The molecule has 1 aromatic heterocycles. The van der Waals surface area contributed by atoms with E-state index < -0.39 is 5.60 Å². The molecule has 1 unspecified atom stereocenters. The van der Waals surface area contributed by atoms with Gasteiger partial charge in [0, 0.05) is 20.0 Å². The minimum Gasteiger partial charge on any atom is -0.388 e. The van der Waals surface area contributed by atoms with Crippen molar-refractivity contribution in [3.05, 3.63) is 16.4 Å². The zero-order chi connectivity index (χ0) is 12.5. The standard InChI is InChI=1S/C12H20ClN3O/c1-3-9-11(13)10(16(2)15-9)7-12(17)5-4-6-14-8-12/h14,17H,3-8H2,1-2H3. The van der Waals surface area contributed by atoms with Crippen LogP contribution in [0.4, 0.5) is 0 Å². The number of nitrogens with zero attached hydrogens (tertiary/aromatic N) is 2. The van der Waals surface area contributed by atoms with Crippen LogP contribution in [0.1, 0.15) is 31.2 Å². The summed E-state index contributed by atoms with van der Waals surface area (Å²) in [4.78, 5) is 0. The van der Waals surface area contributed by atoms with Crippen LogP contribution in [0.3, 0.4) is 0 Å². The molecule has 1 saturated heterocycles. The summed E-state index contributed by atoms with van der Waals surface area (Å²) in [6, 6.07) is 0. The van der Waals surface area contributed by atoms with Gasteiger partial charge in [-0.1, -0.05) is 18.5 Å². The minimum absolute atomic E-state index is 0.572. The van der Waals surface area contributed by atoms with Crippen LogP contribution in [0, 0.1) is 0 Å². The van der Waals surface area contributed by atoms with Gasteiger partial charge in [-0.05, 0) is 25.8 Å². The largest absolute Gasteiger partial charge is 0.388 e. The molecule has 2 rings (SSSR count). The van der Waals surface area contributed by atoms with Crippen LogP contribution in [-0.4, -0.2) is 33.6 Å². The Balaban J connectivity index is 2.20. The van der Waals surface area contributed by atoms with Crippen LogP contribution in [0.5, 0.6) is 0 Å². The molecule has 0 radical (unpaired) electrons. The molecule has 2 heterocycles. The molecular formula is C12H20ClN3O. The number of aromatic nitrogens is 2. The first-order chi connectivity index (χ1) is 8.06. The summed E-state index contributed by atoms with van der Waals surface area (Å²) in [5, 5.41) is 18.8. The molecule has 0 bridgehead atoms. The van der Waals surface area contributed by atoms with Gasteiger partial charge >= 0.3 is 0 Å². The highest BCUT2D eigenvalue weighted by Crippen LogP contribution is 2.27. The van der Waals surface area contributed by atoms with Crippen molar-refractivity contribution in [1.82, 2.24) is 15.1 Å². The number of hydrogen-bond acceptors (Lipinski definition) is 3. The quantitative estimate of drug-likeness (QED) is 0.858. The zero-order valence-corrected chi connectivity index (χ0v) is 11.2. The van der Waals surface area contributed by atoms with Gasteiger partial charge in [0.05, 0.1) is 22.0 Å². The fourth-order valence-corrected chi connectivity index (χ4v) is 2.79. The van der Waals surface area contributed by atoms with E-state index in [-0.39, 0.29) is 0 Å². The molecule has 1 fully saturated rings. The average Bonchev–Trinajstić information content (AvgIpc) is 2.57. The van der Waals surface area contributed by atoms with Gasteiger partial charge in [-0.25, -0.2) is 0 Å². The molecule has 1 aliphatic heterocycles. The predicted octanol–water partition coefficient (Wildman–Crippen LogP) is 1.29. The highest BCUT2D eigenvalue weighted by atomic mass is 35.5. The Morgan fingerprint density at radius 1 is 1.59 bits per heavy atom. The van der Waals surface area contributed by atoms with Crippen molar-refractivity contribution in [1.29, 1.82) is 0 Å². The summed E-state index contributed by atoms with van der Waals surface area (Å²) in [5.41, 5.74) is 1.17. The molecule has 2 N–H and O–H groups in total. The molecule has 1 aromatic rings. The molecular weight excluding hydrogens is 238 g/mol. The lowest BCUT2D eigenvalue weighted by atomic mass is 9.89. The van der Waals surface area contributed by atoms with E-state index in [1.165, 1.54) is 0 Å². The van der Waals surface area contributed by atoms with E-state index in [1.54, 1.807) is 4.68 Å². The monoisotopic (exact) mass is 257 g/mol. The van der Waals surface area contributed by atoms with E-state index in [2.05, 4.69) is 10.4 Å². The molecule has 17 heavy (non-hydrogen) atoms. The summed E-state index contributed by atoms with van der Waals surface area (Å²) in [5.74, 6) is 0. The topological polar surface area (TPSA) is 50.1 Å². The number of β-amino-alcohol motifs (C(OH)–C–C–N with tert-alkyl or cyclic N) is 1. The van der Waals surface area contributed by atoms with Crippen molar-refractivity contribution >= 4 is 11.6 Å². The molecule has 0 aromatic carbocycles. The molecule has 0 saturated carbocycles. The van der Waals surface area contributed by atoms with E-state index >= 15 is 0 Å². The Morgan fingerprint density at radius 3 is 2.88 bits per heavy atom. The maximum Gasteiger partial charge on any atom is 0.0850 e. The summed E-state index contributed by atoms with van der Waals surface area (Å²) in [6.07, 6.45) is 3.22. The minimum atomic E-state index is -0.680. The first-order valence-corrected chi connectivity index (χ1v) is 6.57. The SMILES string of the molecule is CCc1nn(C)c(CC2(O)CCCNC2)c1Cl. The Bertz CT molecular complexity index is 397. The number of piperidine rings is 1. The maximum atomic E-state index is 10.5. The lowest BCUT2D eigenvalue weighted by Crippen LogP contribution is -2.47. The number of hydrogen-bond donors (Lipinski definition) is 2. The predicted molar refractivity (Wildman–Crippen MR) is 68.4 cm³/mol. The highest BCUT2D eigenvalue weighted by Gasteiger charge is 2.31. The normalized spacial score (nSPS) is 25.2. The van der Waals surface area contributed by atoms with E-state index in [9.17, 15) is 5.11 Å². The van der Waals surface area contributed by atoms with E-state index in [0.717, 1.165) is 37.2 Å². The smallest absolute Gasteiger partial charge is 0.0850 e. The van der Waals surface area contributed by atoms with Gasteiger partial charge in [0.1, 0.15) is 0 Å². The first-order valence-electron chi connectivity index (χ1n) is 6.19. The van der Waals surface area contributed by atoms with Gasteiger partial charge < -0.3 is 10.4 Å². The van der Waals surface area contributed by atoms with E-state index in [1.807, 2.05) is 14.0 Å². The molecule has 5 heteroatoms. The van der Waals surface area contributed by atoms with Crippen molar-refractivity contribution in [3.8, 4) is 0 Å². The summed E-state index contributed by atoms with van der Waals surface area (Å²) >= 11 is 6.30. The molecule has 96 valence electrons. The van der Waals surface area contributed by atoms with Crippen molar-refractivity contribution in [2.45, 2.75) is 38.2 Å². The van der Waals surface area contributed by atoms with Gasteiger partial charge in [-0.2, -0.15) is 5.10 Å². The fraction of sp³-hybridized carbons (Fsp3) is 0.750. The maximum absolute atomic E-state index is 10.5. The van der Waals surface area contributed by atoms with Gasteiger partial charge in [-0.3, -0.25) is 4.68 Å². The van der Waals surface area contributed by atoms with Crippen LogP contribution < -0.4 is 5.32 Å². The van der Waals surface area contributed by atoms with Gasteiger partial charge in [0.25, 0.3) is 0 Å². The third kappa shape index (κ3) is 2.64. The Hall–Kier alpha value is -0.580. The lowest BCUT2D eigenvalue weighted by molar-refractivity contribution is 0.0153. The lowest BCUT2D eigenvalue weighted by Gasteiger charge is -2.32. The highest BCUT2D eigenvalue weighted by molar-refractivity contribution is 6.31. The molecule has 1 aliphatic rings. The van der Waals surface area contributed by atoms with Crippen LogP contribution in [-0.2, 0) is 19.9 Å². The van der Waals surface area contributed by atoms with Crippen LogP contribution >= 0.6 is 11.6 Å². The van der Waals surface area contributed by atoms with Gasteiger partial charge in [0.2, 0.25) is 0 Å². The third-order valence-corrected chi connectivity index (χ3v) is 3.89. The van der Waals surface area contributed by atoms with E-state index in [0.29, 0.717) is 18.0 Å². The molecule has 1 atom stereocenters. The molecule has 0 aliphatic carbocycles. The molecule has 0 spiro atoms. The van der Waals surface area contributed by atoms with Crippen molar-refractivity contribution < 1.29 is 5.11 Å².